The predicted octanol–water partition coefficient (Wildman–Crippen LogP) is 4.61. The third-order valence-corrected chi connectivity index (χ3v) is 10.2. The molecular formula is C26H34N4O2S2. The Bertz CT molecular complexity index is 1230. The largest absolute Gasteiger partial charge is 0.353 e. The Morgan fingerprint density at radius 1 is 0.971 bits per heavy atom. The van der Waals surface area contributed by atoms with Gasteiger partial charge in [-0.1, -0.05) is 43.7 Å². The van der Waals surface area contributed by atoms with Crippen molar-refractivity contribution in [3.05, 3.63) is 52.2 Å². The van der Waals surface area contributed by atoms with E-state index < -0.39 is 10.0 Å². The highest BCUT2D eigenvalue weighted by molar-refractivity contribution is 7.89. The van der Waals surface area contributed by atoms with Gasteiger partial charge in [-0.3, -0.25) is 0 Å². The average Bonchev–Trinajstić information content (AvgIpc) is 3.25. The van der Waals surface area contributed by atoms with Crippen LogP contribution in [-0.2, 0) is 35.7 Å². The van der Waals surface area contributed by atoms with Crippen LogP contribution in [0.3, 0.4) is 0 Å². The number of aromatic nitrogens is 2. The van der Waals surface area contributed by atoms with Gasteiger partial charge in [-0.25, -0.2) is 18.4 Å². The number of piperazine rings is 1. The van der Waals surface area contributed by atoms with E-state index in [2.05, 4.69) is 29.2 Å². The molecule has 2 aromatic heterocycles. The number of unbranched alkanes of at least 4 members (excludes halogenated alkanes) is 1. The monoisotopic (exact) mass is 498 g/mol. The summed E-state index contributed by atoms with van der Waals surface area (Å²) in [4.78, 5) is 15.0. The van der Waals surface area contributed by atoms with Gasteiger partial charge in [0, 0.05) is 37.5 Å². The summed E-state index contributed by atoms with van der Waals surface area (Å²) in [6, 6.07) is 10.5. The standard InChI is InChI=1S/C26H34N4O2S2/c1-2-3-19-34(31,32)30-17-15-29(16-18-30)25-24-21-11-7-8-12-22(21)33-26(24)28-23(27-25)14-13-20-9-5-4-6-10-20/h4-6,9-10H,2-3,7-8,11-19H2,1H3. The summed E-state index contributed by atoms with van der Waals surface area (Å²) in [5.74, 6) is 2.17. The van der Waals surface area contributed by atoms with Crippen LogP contribution >= 0.6 is 11.3 Å². The van der Waals surface area contributed by atoms with Gasteiger partial charge in [0.25, 0.3) is 0 Å². The maximum absolute atomic E-state index is 12.7. The van der Waals surface area contributed by atoms with E-state index in [1.54, 1.807) is 4.31 Å². The normalized spacial score (nSPS) is 17.3. The molecule has 1 aliphatic heterocycles. The molecule has 1 saturated heterocycles. The number of benzene rings is 1. The van der Waals surface area contributed by atoms with Gasteiger partial charge in [0.05, 0.1) is 11.1 Å². The van der Waals surface area contributed by atoms with Gasteiger partial charge < -0.3 is 4.90 Å². The fourth-order valence-electron chi connectivity index (χ4n) is 5.06. The van der Waals surface area contributed by atoms with Crippen LogP contribution in [0.2, 0.25) is 0 Å². The first-order valence-corrected chi connectivity index (χ1v) is 15.1. The Morgan fingerprint density at radius 3 is 2.50 bits per heavy atom. The highest BCUT2D eigenvalue weighted by Crippen LogP contribution is 2.40. The molecule has 5 rings (SSSR count). The molecular weight excluding hydrogens is 464 g/mol. The number of sulfonamides is 1. The van der Waals surface area contributed by atoms with Gasteiger partial charge in [0.2, 0.25) is 10.0 Å². The van der Waals surface area contributed by atoms with E-state index in [9.17, 15) is 8.42 Å². The number of hydrogen-bond acceptors (Lipinski definition) is 6. The van der Waals surface area contributed by atoms with Gasteiger partial charge in [-0.2, -0.15) is 4.31 Å². The molecule has 0 saturated carbocycles. The molecule has 3 aromatic rings. The lowest BCUT2D eigenvalue weighted by molar-refractivity contribution is 0.383. The van der Waals surface area contributed by atoms with Crippen molar-refractivity contribution in [3.63, 3.8) is 0 Å². The van der Waals surface area contributed by atoms with E-state index in [1.165, 1.54) is 34.2 Å². The lowest BCUT2D eigenvalue weighted by atomic mass is 9.97. The minimum Gasteiger partial charge on any atom is -0.353 e. The molecule has 182 valence electrons. The molecule has 0 radical (unpaired) electrons. The number of fused-ring (bicyclic) bond motifs is 3. The number of thiophene rings is 1. The minimum absolute atomic E-state index is 0.253. The first kappa shape index (κ1) is 23.7. The molecule has 8 heteroatoms. The molecule has 0 unspecified atom stereocenters. The van der Waals surface area contributed by atoms with Crippen molar-refractivity contribution in [2.24, 2.45) is 0 Å². The third-order valence-electron chi connectivity index (χ3n) is 7.01. The summed E-state index contributed by atoms with van der Waals surface area (Å²) in [7, 11) is -3.17. The van der Waals surface area contributed by atoms with Crippen LogP contribution in [0.25, 0.3) is 10.2 Å². The zero-order valence-electron chi connectivity index (χ0n) is 20.0. The fraction of sp³-hybridized carbons (Fsp3) is 0.538. The van der Waals surface area contributed by atoms with Crippen molar-refractivity contribution in [1.29, 1.82) is 0 Å². The van der Waals surface area contributed by atoms with E-state index >= 15 is 0 Å². The van der Waals surface area contributed by atoms with E-state index in [-0.39, 0.29) is 5.75 Å². The van der Waals surface area contributed by atoms with Crippen molar-refractivity contribution in [2.45, 2.75) is 58.3 Å². The highest BCUT2D eigenvalue weighted by atomic mass is 32.2. The SMILES string of the molecule is CCCCS(=O)(=O)N1CCN(c2nc(CCc3ccccc3)nc3sc4c(c23)CCCC4)CC1. The molecule has 0 atom stereocenters. The molecule has 0 bridgehead atoms. The Balaban J connectivity index is 1.42. The highest BCUT2D eigenvalue weighted by Gasteiger charge is 2.30. The van der Waals surface area contributed by atoms with Crippen LogP contribution in [0, 0.1) is 0 Å². The van der Waals surface area contributed by atoms with Crippen LogP contribution in [0.4, 0.5) is 5.82 Å². The molecule has 0 spiro atoms. The van der Waals surface area contributed by atoms with E-state index in [0.29, 0.717) is 26.2 Å². The number of anilines is 1. The molecule has 1 fully saturated rings. The van der Waals surface area contributed by atoms with Crippen LogP contribution < -0.4 is 4.90 Å². The smallest absolute Gasteiger partial charge is 0.214 e. The van der Waals surface area contributed by atoms with Crippen LogP contribution in [0.15, 0.2) is 30.3 Å². The number of aryl methyl sites for hydroxylation is 4. The summed E-state index contributed by atoms with van der Waals surface area (Å²) >= 11 is 1.84. The zero-order valence-corrected chi connectivity index (χ0v) is 21.6. The second-order valence-corrected chi connectivity index (χ2v) is 12.6. The molecule has 34 heavy (non-hydrogen) atoms. The Labute approximate surface area is 207 Å². The average molecular weight is 499 g/mol. The van der Waals surface area contributed by atoms with Crippen LogP contribution in [-0.4, -0.2) is 54.6 Å². The van der Waals surface area contributed by atoms with Crippen LogP contribution in [0.1, 0.15) is 54.4 Å². The quantitative estimate of drug-likeness (QED) is 0.454. The fourth-order valence-corrected chi connectivity index (χ4v) is 7.96. The summed E-state index contributed by atoms with van der Waals surface area (Å²) in [6.07, 6.45) is 8.05. The van der Waals surface area contributed by atoms with Gasteiger partial charge in [0.1, 0.15) is 16.5 Å². The molecule has 1 aromatic carbocycles. The number of hydrogen-bond donors (Lipinski definition) is 0. The van der Waals surface area contributed by atoms with Crippen molar-refractivity contribution in [3.8, 4) is 0 Å². The summed E-state index contributed by atoms with van der Waals surface area (Å²) < 4.78 is 27.1. The molecule has 1 aliphatic carbocycles. The van der Waals surface area contributed by atoms with Crippen molar-refractivity contribution >= 4 is 37.4 Å². The molecule has 3 heterocycles. The van der Waals surface area contributed by atoms with E-state index in [4.69, 9.17) is 9.97 Å². The van der Waals surface area contributed by atoms with E-state index in [0.717, 1.165) is 55.0 Å². The number of nitrogens with zero attached hydrogens (tertiary/aromatic N) is 4. The van der Waals surface area contributed by atoms with Gasteiger partial charge >= 0.3 is 0 Å². The molecule has 6 nitrogen and oxygen atoms in total. The van der Waals surface area contributed by atoms with Gasteiger partial charge in [-0.15, -0.1) is 11.3 Å². The van der Waals surface area contributed by atoms with E-state index in [1.807, 2.05) is 24.3 Å². The van der Waals surface area contributed by atoms with Crippen molar-refractivity contribution in [1.82, 2.24) is 14.3 Å². The van der Waals surface area contributed by atoms with Gasteiger partial charge in [-0.05, 0) is 49.7 Å². The first-order chi connectivity index (χ1) is 16.5. The van der Waals surface area contributed by atoms with Crippen molar-refractivity contribution in [2.75, 3.05) is 36.8 Å². The minimum atomic E-state index is -3.17. The summed E-state index contributed by atoms with van der Waals surface area (Å²) in [6.45, 7) is 4.46. The summed E-state index contributed by atoms with van der Waals surface area (Å²) in [5.41, 5.74) is 2.73. The maximum atomic E-state index is 12.7. The first-order valence-electron chi connectivity index (χ1n) is 12.6. The summed E-state index contributed by atoms with van der Waals surface area (Å²) in [5, 5.41) is 1.23. The van der Waals surface area contributed by atoms with Crippen LogP contribution in [0.5, 0.6) is 0 Å². The topological polar surface area (TPSA) is 66.4 Å². The Morgan fingerprint density at radius 2 is 1.74 bits per heavy atom. The Hall–Kier alpha value is -2.03. The second-order valence-electron chi connectivity index (χ2n) is 9.40. The number of rotatable bonds is 8. The lowest BCUT2D eigenvalue weighted by Crippen LogP contribution is -2.49. The van der Waals surface area contributed by atoms with Crippen molar-refractivity contribution < 1.29 is 8.42 Å². The van der Waals surface area contributed by atoms with Gasteiger partial charge in [0.15, 0.2) is 0 Å². The predicted molar refractivity (Wildman–Crippen MR) is 140 cm³/mol. The molecule has 0 N–H and O–H groups in total. The maximum Gasteiger partial charge on any atom is 0.214 e. The third kappa shape index (κ3) is 4.99. The molecule has 0 amide bonds. The second kappa shape index (κ2) is 10.3. The zero-order chi connectivity index (χ0) is 23.5. The lowest BCUT2D eigenvalue weighted by Gasteiger charge is -2.35. The Kier molecular flexibility index (Phi) is 7.18. The molecule has 2 aliphatic rings.